The van der Waals surface area contributed by atoms with Gasteiger partial charge >= 0.3 is 0 Å². The van der Waals surface area contributed by atoms with Gasteiger partial charge in [0, 0.05) is 4.47 Å². The summed E-state index contributed by atoms with van der Waals surface area (Å²) in [6, 6.07) is 19.6. The number of carbonyl (C=O) groups is 2. The van der Waals surface area contributed by atoms with Crippen LogP contribution in [0.1, 0.15) is 34.7 Å². The van der Waals surface area contributed by atoms with Crippen LogP contribution in [0.25, 0.3) is 6.08 Å². The van der Waals surface area contributed by atoms with Crippen molar-refractivity contribution in [3.8, 4) is 11.5 Å². The number of imide groups is 1. The molecule has 1 saturated heterocycles. The summed E-state index contributed by atoms with van der Waals surface area (Å²) in [5.74, 6) is 0.877. The van der Waals surface area contributed by atoms with Gasteiger partial charge in [0.25, 0.3) is 11.1 Å². The third-order valence-corrected chi connectivity index (χ3v) is 7.09. The van der Waals surface area contributed by atoms with Crippen LogP contribution < -0.4 is 9.47 Å². The molecule has 4 rings (SSSR count). The van der Waals surface area contributed by atoms with Gasteiger partial charge in [0.15, 0.2) is 11.5 Å². The van der Waals surface area contributed by atoms with Crippen LogP contribution in [0.2, 0.25) is 0 Å². The standard InChI is InChI=1S/C28H26BrNO4S/c1-4-33-24-13-22(23(29)15-25(24)34-17-21-11-7-19(3)8-12-21)14-26-27(31)30(28(32)35-26)16-20-9-5-18(2)6-10-20/h5-15H,4,16-17H2,1-3H3/b26-14-. The van der Waals surface area contributed by atoms with E-state index in [4.69, 9.17) is 9.47 Å². The number of ether oxygens (including phenoxy) is 2. The molecule has 0 radical (unpaired) electrons. The van der Waals surface area contributed by atoms with E-state index in [0.717, 1.165) is 38.5 Å². The van der Waals surface area contributed by atoms with Gasteiger partial charge < -0.3 is 9.47 Å². The molecular formula is C28H26BrNO4S. The molecule has 0 spiro atoms. The molecule has 1 heterocycles. The molecule has 3 aromatic carbocycles. The minimum Gasteiger partial charge on any atom is -0.490 e. The number of nitrogens with zero attached hydrogens (tertiary/aromatic N) is 1. The lowest BCUT2D eigenvalue weighted by atomic mass is 10.1. The van der Waals surface area contributed by atoms with E-state index in [0.29, 0.717) is 29.6 Å². The summed E-state index contributed by atoms with van der Waals surface area (Å²) in [7, 11) is 0. The van der Waals surface area contributed by atoms with Crippen LogP contribution in [0.15, 0.2) is 70.0 Å². The van der Waals surface area contributed by atoms with E-state index in [9.17, 15) is 9.59 Å². The lowest BCUT2D eigenvalue weighted by Gasteiger charge is -2.14. The molecule has 1 aliphatic heterocycles. The van der Waals surface area contributed by atoms with Crippen molar-refractivity contribution in [1.82, 2.24) is 4.90 Å². The molecule has 0 bridgehead atoms. The first kappa shape index (κ1) is 25.1. The van der Waals surface area contributed by atoms with Crippen molar-refractivity contribution >= 4 is 44.9 Å². The van der Waals surface area contributed by atoms with Crippen LogP contribution in [0, 0.1) is 13.8 Å². The minimum atomic E-state index is -0.301. The van der Waals surface area contributed by atoms with Crippen molar-refractivity contribution < 1.29 is 19.1 Å². The highest BCUT2D eigenvalue weighted by Crippen LogP contribution is 2.39. The third kappa shape index (κ3) is 6.16. The van der Waals surface area contributed by atoms with Gasteiger partial charge in [0.2, 0.25) is 0 Å². The maximum atomic E-state index is 13.0. The molecular weight excluding hydrogens is 526 g/mol. The average molecular weight is 552 g/mol. The highest BCUT2D eigenvalue weighted by atomic mass is 79.9. The van der Waals surface area contributed by atoms with E-state index in [1.165, 1.54) is 10.5 Å². The first-order valence-electron chi connectivity index (χ1n) is 11.3. The fraction of sp³-hybridized carbons (Fsp3) is 0.214. The number of benzene rings is 3. The van der Waals surface area contributed by atoms with Crippen LogP contribution in [0.5, 0.6) is 11.5 Å². The number of hydrogen-bond acceptors (Lipinski definition) is 5. The number of rotatable bonds is 8. The van der Waals surface area contributed by atoms with Gasteiger partial charge in [-0.3, -0.25) is 14.5 Å². The summed E-state index contributed by atoms with van der Waals surface area (Å²) >= 11 is 4.53. The Labute approximate surface area is 218 Å². The maximum absolute atomic E-state index is 13.0. The monoisotopic (exact) mass is 551 g/mol. The highest BCUT2D eigenvalue weighted by molar-refractivity contribution is 9.10. The molecule has 0 aromatic heterocycles. The SMILES string of the molecule is CCOc1cc(/C=C2\SC(=O)N(Cc3ccc(C)cc3)C2=O)c(Br)cc1OCc1ccc(C)cc1. The van der Waals surface area contributed by atoms with E-state index in [2.05, 4.69) is 15.9 Å². The molecule has 3 aromatic rings. The van der Waals surface area contributed by atoms with E-state index < -0.39 is 0 Å². The first-order valence-corrected chi connectivity index (χ1v) is 12.9. The topological polar surface area (TPSA) is 55.8 Å². The van der Waals surface area contributed by atoms with Crippen molar-refractivity contribution in [3.63, 3.8) is 0 Å². The molecule has 1 aliphatic rings. The van der Waals surface area contributed by atoms with Gasteiger partial charge in [-0.15, -0.1) is 0 Å². The fourth-order valence-corrected chi connectivity index (χ4v) is 4.81. The molecule has 0 unspecified atom stereocenters. The van der Waals surface area contributed by atoms with E-state index in [1.54, 1.807) is 6.08 Å². The zero-order chi connectivity index (χ0) is 24.9. The van der Waals surface area contributed by atoms with Gasteiger partial charge in [-0.05, 0) is 67.4 Å². The number of aryl methyl sites for hydroxylation is 2. The van der Waals surface area contributed by atoms with Crippen molar-refractivity contribution in [2.75, 3.05) is 6.61 Å². The predicted molar refractivity (Wildman–Crippen MR) is 144 cm³/mol. The van der Waals surface area contributed by atoms with Gasteiger partial charge in [-0.2, -0.15) is 0 Å². The molecule has 0 saturated carbocycles. The summed E-state index contributed by atoms with van der Waals surface area (Å²) < 4.78 is 12.6. The summed E-state index contributed by atoms with van der Waals surface area (Å²) in [5.41, 5.74) is 5.02. The van der Waals surface area contributed by atoms with Gasteiger partial charge in [0.1, 0.15) is 6.61 Å². The molecule has 180 valence electrons. The zero-order valence-electron chi connectivity index (χ0n) is 19.8. The highest BCUT2D eigenvalue weighted by Gasteiger charge is 2.35. The van der Waals surface area contributed by atoms with Crippen LogP contribution in [0.4, 0.5) is 4.79 Å². The number of halogens is 1. The summed E-state index contributed by atoms with van der Waals surface area (Å²) in [6.45, 7) is 7.07. The average Bonchev–Trinajstić information content (AvgIpc) is 3.10. The van der Waals surface area contributed by atoms with Gasteiger partial charge in [0.05, 0.1) is 18.1 Å². The molecule has 2 amide bonds. The number of amides is 2. The predicted octanol–water partition coefficient (Wildman–Crippen LogP) is 7.28. The van der Waals surface area contributed by atoms with Crippen LogP contribution >= 0.6 is 27.7 Å². The Balaban J connectivity index is 1.54. The number of hydrogen-bond donors (Lipinski definition) is 0. The second-order valence-corrected chi connectivity index (χ2v) is 10.1. The third-order valence-electron chi connectivity index (χ3n) is 5.50. The Morgan fingerprint density at radius 3 is 2.11 bits per heavy atom. The lowest BCUT2D eigenvalue weighted by molar-refractivity contribution is -0.123. The van der Waals surface area contributed by atoms with E-state index in [1.807, 2.05) is 81.4 Å². The molecule has 0 atom stereocenters. The minimum absolute atomic E-state index is 0.249. The van der Waals surface area contributed by atoms with Crippen molar-refractivity contribution in [1.29, 1.82) is 0 Å². The molecule has 0 N–H and O–H groups in total. The number of carbonyl (C=O) groups excluding carboxylic acids is 2. The van der Waals surface area contributed by atoms with Crippen LogP contribution in [-0.4, -0.2) is 22.7 Å². The molecule has 0 aliphatic carbocycles. The maximum Gasteiger partial charge on any atom is 0.293 e. The Kier molecular flexibility index (Phi) is 7.98. The molecule has 35 heavy (non-hydrogen) atoms. The largest absolute Gasteiger partial charge is 0.490 e. The summed E-state index contributed by atoms with van der Waals surface area (Å²) in [5, 5.41) is -0.277. The first-order chi connectivity index (χ1) is 16.8. The van der Waals surface area contributed by atoms with E-state index >= 15 is 0 Å². The van der Waals surface area contributed by atoms with Gasteiger partial charge in [-0.25, -0.2) is 0 Å². The van der Waals surface area contributed by atoms with Gasteiger partial charge in [-0.1, -0.05) is 75.6 Å². The Bertz CT molecular complexity index is 1270. The Morgan fingerprint density at radius 1 is 0.886 bits per heavy atom. The normalized spacial score (nSPS) is 14.6. The fourth-order valence-electron chi connectivity index (χ4n) is 3.54. The quantitative estimate of drug-likeness (QED) is 0.275. The smallest absolute Gasteiger partial charge is 0.293 e. The summed E-state index contributed by atoms with van der Waals surface area (Å²) in [6.07, 6.45) is 1.72. The zero-order valence-corrected chi connectivity index (χ0v) is 22.2. The Hall–Kier alpha value is -3.03. The van der Waals surface area contributed by atoms with Crippen LogP contribution in [0.3, 0.4) is 0 Å². The Morgan fingerprint density at radius 2 is 1.49 bits per heavy atom. The van der Waals surface area contributed by atoms with Crippen molar-refractivity contribution in [3.05, 3.63) is 97.9 Å². The van der Waals surface area contributed by atoms with Crippen molar-refractivity contribution in [2.24, 2.45) is 0 Å². The van der Waals surface area contributed by atoms with E-state index in [-0.39, 0.29) is 17.7 Å². The summed E-state index contributed by atoms with van der Waals surface area (Å²) in [4.78, 5) is 27.2. The van der Waals surface area contributed by atoms with Crippen LogP contribution in [-0.2, 0) is 17.9 Å². The molecule has 5 nitrogen and oxygen atoms in total. The lowest BCUT2D eigenvalue weighted by Crippen LogP contribution is -2.27. The molecule has 1 fully saturated rings. The van der Waals surface area contributed by atoms with Crippen molar-refractivity contribution in [2.45, 2.75) is 33.9 Å². The number of thioether (sulfide) groups is 1. The second kappa shape index (κ2) is 11.1. The molecule has 7 heteroatoms. The second-order valence-electron chi connectivity index (χ2n) is 8.28.